The molecule has 0 saturated carbocycles. The van der Waals surface area contributed by atoms with Gasteiger partial charge in [-0.3, -0.25) is 4.79 Å². The fraction of sp³-hybridized carbons (Fsp3) is 0. The molecule has 1 aliphatic carbocycles. The van der Waals surface area contributed by atoms with E-state index >= 15 is 0 Å². The lowest BCUT2D eigenvalue weighted by atomic mass is 10.1. The van der Waals surface area contributed by atoms with Crippen molar-refractivity contribution in [1.29, 1.82) is 0 Å². The molecular formula is C12H12N2O2. The number of allylic oxidation sites excluding steroid dienone is 4. The number of carbonyl (C=O) groups excluding carboxylic acids is 1. The smallest absolute Gasteiger partial charge is 0.178 e. The first kappa shape index (κ1) is 11.9. The third kappa shape index (κ3) is 2.90. The van der Waals surface area contributed by atoms with Crippen LogP contribution in [0.1, 0.15) is 0 Å². The first-order valence-electron chi connectivity index (χ1n) is 4.52. The summed E-state index contributed by atoms with van der Waals surface area (Å²) in [7, 11) is 0. The Morgan fingerprint density at radius 3 is 2.06 bits per heavy atom. The number of benzene rings is 1. The van der Waals surface area contributed by atoms with Crippen molar-refractivity contribution in [2.45, 2.75) is 0 Å². The topological polar surface area (TPSA) is 84.7 Å². The first-order valence-corrected chi connectivity index (χ1v) is 4.52. The van der Waals surface area contributed by atoms with Gasteiger partial charge in [-0.15, -0.1) is 0 Å². The lowest BCUT2D eigenvalue weighted by molar-refractivity contribution is -0.110. The molecule has 0 atom stereocenters. The summed E-state index contributed by atoms with van der Waals surface area (Å²) < 4.78 is 0. The molecule has 82 valence electrons. The summed E-state index contributed by atoms with van der Waals surface area (Å²) in [6.07, 6.45) is 6.27. The second-order valence-electron chi connectivity index (χ2n) is 3.12. The molecule has 1 aromatic carbocycles. The van der Waals surface area contributed by atoms with Gasteiger partial charge in [-0.1, -0.05) is 0 Å². The van der Waals surface area contributed by atoms with Crippen LogP contribution >= 0.6 is 0 Å². The molecule has 1 aromatic rings. The minimum Gasteiger partial charge on any atom is -0.508 e. The second kappa shape index (κ2) is 5.04. The maximum atomic E-state index is 10.8. The van der Waals surface area contributed by atoms with Crippen molar-refractivity contribution in [2.24, 2.45) is 4.99 Å². The Morgan fingerprint density at radius 2 is 1.50 bits per heavy atom. The van der Waals surface area contributed by atoms with Gasteiger partial charge >= 0.3 is 0 Å². The summed E-state index contributed by atoms with van der Waals surface area (Å²) in [4.78, 5) is 15.1. The van der Waals surface area contributed by atoms with E-state index in [2.05, 4.69) is 4.99 Å². The van der Waals surface area contributed by atoms with E-state index in [-0.39, 0.29) is 17.7 Å². The molecule has 0 spiro atoms. The van der Waals surface area contributed by atoms with Crippen molar-refractivity contribution in [3.05, 3.63) is 48.6 Å². The van der Waals surface area contributed by atoms with E-state index in [1.165, 1.54) is 12.2 Å². The van der Waals surface area contributed by atoms with Crippen LogP contribution < -0.4 is 6.15 Å². The molecule has 0 radical (unpaired) electrons. The van der Waals surface area contributed by atoms with Gasteiger partial charge in [0.05, 0.1) is 11.4 Å². The van der Waals surface area contributed by atoms with Gasteiger partial charge in [0.15, 0.2) is 5.78 Å². The van der Waals surface area contributed by atoms with Crippen molar-refractivity contribution < 1.29 is 9.90 Å². The molecule has 1 aliphatic rings. The highest BCUT2D eigenvalue weighted by Gasteiger charge is 1.99. The van der Waals surface area contributed by atoms with E-state index in [0.29, 0.717) is 0 Å². The Labute approximate surface area is 93.2 Å². The Morgan fingerprint density at radius 1 is 0.938 bits per heavy atom. The third-order valence-electron chi connectivity index (χ3n) is 1.94. The number of hydrogen-bond donors (Lipinski definition) is 2. The molecular weight excluding hydrogens is 204 g/mol. The summed E-state index contributed by atoms with van der Waals surface area (Å²) in [5, 5.41) is 9.08. The van der Waals surface area contributed by atoms with Crippen LogP contribution in [0, 0.1) is 0 Å². The normalized spacial score (nSPS) is 13.5. The van der Waals surface area contributed by atoms with Gasteiger partial charge in [-0.2, -0.15) is 0 Å². The van der Waals surface area contributed by atoms with Crippen LogP contribution in [0.2, 0.25) is 0 Å². The van der Waals surface area contributed by atoms with Crippen LogP contribution in [0.15, 0.2) is 53.6 Å². The molecule has 16 heavy (non-hydrogen) atoms. The number of hydrogen-bond acceptors (Lipinski definition) is 4. The molecule has 0 aliphatic heterocycles. The highest BCUT2D eigenvalue weighted by molar-refractivity contribution is 6.17. The van der Waals surface area contributed by atoms with Gasteiger partial charge in [0.25, 0.3) is 0 Å². The molecule has 0 heterocycles. The van der Waals surface area contributed by atoms with Crippen molar-refractivity contribution in [2.75, 3.05) is 0 Å². The summed E-state index contributed by atoms with van der Waals surface area (Å²) in [6.45, 7) is 0. The lowest BCUT2D eigenvalue weighted by Crippen LogP contribution is -1.98. The molecule has 2 rings (SSSR count). The van der Waals surface area contributed by atoms with Gasteiger partial charge in [-0.25, -0.2) is 4.99 Å². The number of phenolic OH excluding ortho intramolecular Hbond substituents is 1. The van der Waals surface area contributed by atoms with E-state index in [1.54, 1.807) is 36.4 Å². The molecule has 4 heteroatoms. The average molecular weight is 216 g/mol. The molecule has 0 unspecified atom stereocenters. The molecule has 0 amide bonds. The van der Waals surface area contributed by atoms with Gasteiger partial charge in [0.1, 0.15) is 5.75 Å². The molecule has 4 nitrogen and oxygen atoms in total. The second-order valence-corrected chi connectivity index (χ2v) is 3.12. The zero-order valence-electron chi connectivity index (χ0n) is 8.63. The van der Waals surface area contributed by atoms with Crippen LogP contribution in [0.3, 0.4) is 0 Å². The van der Waals surface area contributed by atoms with Crippen LogP contribution in [0.4, 0.5) is 5.69 Å². The van der Waals surface area contributed by atoms with Crippen LogP contribution in [-0.4, -0.2) is 16.6 Å². The number of carbonyl (C=O) groups is 1. The fourth-order valence-electron chi connectivity index (χ4n) is 1.20. The first-order chi connectivity index (χ1) is 7.24. The monoisotopic (exact) mass is 216 g/mol. The Hall–Kier alpha value is -2.20. The number of phenols is 1. The van der Waals surface area contributed by atoms with E-state index in [1.807, 2.05) is 0 Å². The summed E-state index contributed by atoms with van der Waals surface area (Å²) in [5.74, 6) is 0.184. The van der Waals surface area contributed by atoms with Crippen molar-refractivity contribution >= 4 is 17.2 Å². The fourth-order valence-corrected chi connectivity index (χ4v) is 1.20. The minimum absolute atomic E-state index is 0. The van der Waals surface area contributed by atoms with Gasteiger partial charge in [0.2, 0.25) is 0 Å². The molecule has 0 bridgehead atoms. The average Bonchev–Trinajstić information content (AvgIpc) is 2.25. The van der Waals surface area contributed by atoms with Crippen LogP contribution in [-0.2, 0) is 4.79 Å². The van der Waals surface area contributed by atoms with Crippen LogP contribution in [0.25, 0.3) is 0 Å². The predicted molar refractivity (Wildman–Crippen MR) is 63.5 cm³/mol. The van der Waals surface area contributed by atoms with E-state index in [0.717, 1.165) is 11.4 Å². The van der Waals surface area contributed by atoms with Crippen molar-refractivity contribution in [3.63, 3.8) is 0 Å². The molecule has 0 aromatic heterocycles. The highest BCUT2D eigenvalue weighted by atomic mass is 16.3. The summed E-state index contributed by atoms with van der Waals surface area (Å²) in [5.41, 5.74) is 1.46. The Balaban J connectivity index is 0.00000128. The van der Waals surface area contributed by atoms with Crippen molar-refractivity contribution in [1.82, 2.24) is 6.15 Å². The van der Waals surface area contributed by atoms with E-state index in [4.69, 9.17) is 5.11 Å². The molecule has 0 fully saturated rings. The standard InChI is InChI=1S/C12H9NO2.H3N/c14-11-5-1-9(2-6-11)13-10-3-7-12(15)8-4-10;/h1-8,14H;1H3. The lowest BCUT2D eigenvalue weighted by Gasteiger charge is -1.99. The number of aliphatic imine (C=N–C) groups is 1. The zero-order valence-corrected chi connectivity index (χ0v) is 8.63. The number of ketones is 1. The predicted octanol–water partition coefficient (Wildman–Crippen LogP) is 2.32. The minimum atomic E-state index is -0.0281. The number of rotatable bonds is 1. The summed E-state index contributed by atoms with van der Waals surface area (Å²) >= 11 is 0. The maximum absolute atomic E-state index is 10.8. The Bertz CT molecular complexity index is 452. The highest BCUT2D eigenvalue weighted by Crippen LogP contribution is 2.17. The largest absolute Gasteiger partial charge is 0.508 e. The van der Waals surface area contributed by atoms with Gasteiger partial charge in [-0.05, 0) is 48.6 Å². The van der Waals surface area contributed by atoms with Crippen molar-refractivity contribution in [3.8, 4) is 5.75 Å². The maximum Gasteiger partial charge on any atom is 0.178 e. The van der Waals surface area contributed by atoms with Gasteiger partial charge < -0.3 is 11.3 Å². The number of nitrogens with zero attached hydrogens (tertiary/aromatic N) is 1. The van der Waals surface area contributed by atoms with E-state index in [9.17, 15) is 4.79 Å². The number of aromatic hydroxyl groups is 1. The molecule has 0 saturated heterocycles. The summed E-state index contributed by atoms with van der Waals surface area (Å²) in [6, 6.07) is 6.56. The zero-order chi connectivity index (χ0) is 10.7. The van der Waals surface area contributed by atoms with E-state index < -0.39 is 0 Å². The molecule has 4 N–H and O–H groups in total. The SMILES string of the molecule is N.O=C1C=CC(=Nc2ccc(O)cc2)C=C1. The van der Waals surface area contributed by atoms with Crippen LogP contribution in [0.5, 0.6) is 5.75 Å². The quantitative estimate of drug-likeness (QED) is 0.706. The van der Waals surface area contributed by atoms with Gasteiger partial charge in [0, 0.05) is 0 Å². The third-order valence-corrected chi connectivity index (χ3v) is 1.94. The Kier molecular flexibility index (Phi) is 3.74.